The zero-order valence-corrected chi connectivity index (χ0v) is 13.2. The summed E-state index contributed by atoms with van der Waals surface area (Å²) >= 11 is 0. The first-order valence-corrected chi connectivity index (χ1v) is 7.55. The van der Waals surface area contributed by atoms with Gasteiger partial charge in [-0.3, -0.25) is 0 Å². The Hall–Kier alpha value is -2.95. The predicted molar refractivity (Wildman–Crippen MR) is 92.8 cm³/mol. The predicted octanol–water partition coefficient (Wildman–Crippen LogP) is 4.10. The van der Waals surface area contributed by atoms with E-state index in [1.165, 1.54) is 11.1 Å². The van der Waals surface area contributed by atoms with Crippen molar-refractivity contribution in [3.05, 3.63) is 71.9 Å². The average Bonchev–Trinajstić information content (AvgIpc) is 2.58. The van der Waals surface area contributed by atoms with Crippen LogP contribution in [0.1, 0.15) is 24.1 Å². The van der Waals surface area contributed by atoms with Gasteiger partial charge in [-0.25, -0.2) is 0 Å². The van der Waals surface area contributed by atoms with Crippen LogP contribution in [0.4, 0.5) is 17.5 Å². The van der Waals surface area contributed by atoms with E-state index in [1.54, 1.807) is 6.20 Å². The number of hydrogen-bond donors (Lipinski definition) is 2. The Morgan fingerprint density at radius 2 is 1.70 bits per heavy atom. The molecule has 1 atom stereocenters. The SMILES string of the molecule is Cc1ccc(Nc2cnnc(NC(C)c3ccccc3)n2)cc1. The molecule has 0 saturated heterocycles. The highest BCUT2D eigenvalue weighted by atomic mass is 15.3. The monoisotopic (exact) mass is 305 g/mol. The van der Waals surface area contributed by atoms with Gasteiger partial charge in [-0.15, -0.1) is 5.10 Å². The molecule has 0 fully saturated rings. The molecule has 0 radical (unpaired) electrons. The molecule has 5 nitrogen and oxygen atoms in total. The smallest absolute Gasteiger partial charge is 0.245 e. The lowest BCUT2D eigenvalue weighted by Gasteiger charge is -2.14. The lowest BCUT2D eigenvalue weighted by Crippen LogP contribution is -2.10. The van der Waals surface area contributed by atoms with Crippen LogP contribution in [0.15, 0.2) is 60.8 Å². The summed E-state index contributed by atoms with van der Waals surface area (Å²) in [6.45, 7) is 4.13. The Morgan fingerprint density at radius 1 is 0.957 bits per heavy atom. The summed E-state index contributed by atoms with van der Waals surface area (Å²) in [5.74, 6) is 1.16. The molecule has 0 spiro atoms. The number of hydrogen-bond acceptors (Lipinski definition) is 5. The van der Waals surface area contributed by atoms with Gasteiger partial charge in [-0.05, 0) is 31.5 Å². The molecule has 0 aliphatic heterocycles. The molecule has 23 heavy (non-hydrogen) atoms. The fourth-order valence-electron chi connectivity index (χ4n) is 2.23. The standard InChI is InChI=1S/C18H19N5/c1-13-8-10-16(11-9-13)21-17-12-19-23-18(22-17)20-14(2)15-6-4-3-5-7-15/h3-12,14H,1-2H3,(H2,20,21,22,23). The van der Waals surface area contributed by atoms with Gasteiger partial charge in [-0.1, -0.05) is 48.0 Å². The molecular formula is C18H19N5. The maximum atomic E-state index is 4.46. The average molecular weight is 305 g/mol. The maximum absolute atomic E-state index is 4.46. The van der Waals surface area contributed by atoms with E-state index in [0.29, 0.717) is 11.8 Å². The van der Waals surface area contributed by atoms with E-state index >= 15 is 0 Å². The fourth-order valence-corrected chi connectivity index (χ4v) is 2.23. The highest BCUT2D eigenvalue weighted by molar-refractivity contribution is 5.56. The molecule has 2 aromatic carbocycles. The van der Waals surface area contributed by atoms with Gasteiger partial charge < -0.3 is 10.6 Å². The molecule has 3 aromatic rings. The van der Waals surface area contributed by atoms with Gasteiger partial charge in [0.05, 0.1) is 12.2 Å². The largest absolute Gasteiger partial charge is 0.346 e. The van der Waals surface area contributed by atoms with Crippen molar-refractivity contribution in [2.45, 2.75) is 19.9 Å². The topological polar surface area (TPSA) is 62.7 Å². The van der Waals surface area contributed by atoms with Gasteiger partial charge in [-0.2, -0.15) is 10.1 Å². The van der Waals surface area contributed by atoms with E-state index in [1.807, 2.05) is 42.5 Å². The van der Waals surface area contributed by atoms with Crippen molar-refractivity contribution in [1.82, 2.24) is 15.2 Å². The van der Waals surface area contributed by atoms with Crippen molar-refractivity contribution in [3.8, 4) is 0 Å². The lowest BCUT2D eigenvalue weighted by atomic mass is 10.1. The number of benzene rings is 2. The first-order chi connectivity index (χ1) is 11.2. The number of anilines is 3. The third-order valence-electron chi connectivity index (χ3n) is 3.53. The normalized spacial score (nSPS) is 11.7. The second-order valence-electron chi connectivity index (χ2n) is 5.43. The zero-order valence-electron chi connectivity index (χ0n) is 13.2. The number of rotatable bonds is 5. The van der Waals surface area contributed by atoms with Crippen LogP contribution in [0.3, 0.4) is 0 Å². The van der Waals surface area contributed by atoms with Crippen molar-refractivity contribution in [2.24, 2.45) is 0 Å². The molecule has 0 saturated carbocycles. The number of aromatic nitrogens is 3. The van der Waals surface area contributed by atoms with Crippen molar-refractivity contribution in [3.63, 3.8) is 0 Å². The van der Waals surface area contributed by atoms with Gasteiger partial charge >= 0.3 is 0 Å². The third kappa shape index (κ3) is 4.03. The van der Waals surface area contributed by atoms with E-state index in [4.69, 9.17) is 0 Å². The lowest BCUT2D eigenvalue weighted by molar-refractivity contribution is 0.841. The molecule has 1 aromatic heterocycles. The second-order valence-corrected chi connectivity index (χ2v) is 5.43. The minimum absolute atomic E-state index is 0.104. The molecule has 0 amide bonds. The molecule has 1 unspecified atom stereocenters. The van der Waals surface area contributed by atoms with E-state index in [-0.39, 0.29) is 6.04 Å². The maximum Gasteiger partial charge on any atom is 0.245 e. The van der Waals surface area contributed by atoms with Crippen molar-refractivity contribution in [2.75, 3.05) is 10.6 Å². The molecule has 5 heteroatoms. The summed E-state index contributed by atoms with van der Waals surface area (Å²) in [4.78, 5) is 4.46. The number of nitrogens with one attached hydrogen (secondary N) is 2. The highest BCUT2D eigenvalue weighted by Crippen LogP contribution is 2.18. The molecular weight excluding hydrogens is 286 g/mol. The van der Waals surface area contributed by atoms with E-state index in [0.717, 1.165) is 5.69 Å². The van der Waals surface area contributed by atoms with Crippen LogP contribution in [0.25, 0.3) is 0 Å². The first kappa shape index (κ1) is 15.0. The second kappa shape index (κ2) is 6.87. The summed E-state index contributed by atoms with van der Waals surface area (Å²) in [5, 5.41) is 14.6. The number of aryl methyl sites for hydroxylation is 1. The van der Waals surface area contributed by atoms with Gasteiger partial charge in [0.2, 0.25) is 5.95 Å². The van der Waals surface area contributed by atoms with Gasteiger partial charge in [0.25, 0.3) is 0 Å². The summed E-state index contributed by atoms with van der Waals surface area (Å²) in [7, 11) is 0. The van der Waals surface area contributed by atoms with Crippen LogP contribution < -0.4 is 10.6 Å². The quantitative estimate of drug-likeness (QED) is 0.743. The molecule has 2 N–H and O–H groups in total. The fraction of sp³-hybridized carbons (Fsp3) is 0.167. The van der Waals surface area contributed by atoms with Gasteiger partial charge in [0.1, 0.15) is 0 Å². The molecule has 3 rings (SSSR count). The van der Waals surface area contributed by atoms with Gasteiger partial charge in [0, 0.05) is 5.69 Å². The van der Waals surface area contributed by atoms with Crippen molar-refractivity contribution >= 4 is 17.5 Å². The van der Waals surface area contributed by atoms with E-state index in [2.05, 4.69) is 51.8 Å². The van der Waals surface area contributed by atoms with Crippen molar-refractivity contribution in [1.29, 1.82) is 0 Å². The Kier molecular flexibility index (Phi) is 4.47. The summed E-state index contributed by atoms with van der Waals surface area (Å²) < 4.78 is 0. The van der Waals surface area contributed by atoms with E-state index < -0.39 is 0 Å². The Labute approximate surface area is 135 Å². The van der Waals surface area contributed by atoms with Crippen LogP contribution in [0.5, 0.6) is 0 Å². The third-order valence-corrected chi connectivity index (χ3v) is 3.53. The van der Waals surface area contributed by atoms with Crippen LogP contribution in [-0.4, -0.2) is 15.2 Å². The molecule has 116 valence electrons. The summed E-state index contributed by atoms with van der Waals surface area (Å²) in [6, 6.07) is 18.4. The highest BCUT2D eigenvalue weighted by Gasteiger charge is 2.07. The van der Waals surface area contributed by atoms with Crippen molar-refractivity contribution < 1.29 is 0 Å². The van der Waals surface area contributed by atoms with Crippen LogP contribution in [-0.2, 0) is 0 Å². The Balaban J connectivity index is 1.71. The van der Waals surface area contributed by atoms with Crippen LogP contribution in [0.2, 0.25) is 0 Å². The molecule has 0 aliphatic rings. The summed E-state index contributed by atoms with van der Waals surface area (Å²) in [6.07, 6.45) is 1.61. The Bertz CT molecular complexity index is 756. The molecule has 0 aliphatic carbocycles. The minimum Gasteiger partial charge on any atom is -0.346 e. The minimum atomic E-state index is 0.104. The number of nitrogens with zero attached hydrogens (tertiary/aromatic N) is 3. The van der Waals surface area contributed by atoms with Gasteiger partial charge in [0.15, 0.2) is 5.82 Å². The molecule has 1 heterocycles. The Morgan fingerprint density at radius 3 is 2.43 bits per heavy atom. The summed E-state index contributed by atoms with van der Waals surface area (Å²) in [5.41, 5.74) is 3.36. The molecule has 0 bridgehead atoms. The van der Waals surface area contributed by atoms with Crippen LogP contribution >= 0.6 is 0 Å². The zero-order chi connectivity index (χ0) is 16.1. The van der Waals surface area contributed by atoms with Crippen LogP contribution in [0, 0.1) is 6.92 Å². The first-order valence-electron chi connectivity index (χ1n) is 7.55. The van der Waals surface area contributed by atoms with E-state index in [9.17, 15) is 0 Å².